The van der Waals surface area contributed by atoms with Crippen molar-refractivity contribution in [2.45, 2.75) is 41.8 Å². The van der Waals surface area contributed by atoms with E-state index in [-0.39, 0.29) is 5.96 Å². The highest BCUT2D eigenvalue weighted by Gasteiger charge is 2.75. The van der Waals surface area contributed by atoms with Crippen LogP contribution in [0.5, 0.6) is 0 Å². The number of aliphatic hydroxyl groups is 5. The molecule has 2 bridgehead atoms. The lowest BCUT2D eigenvalue weighted by molar-refractivity contribution is -0.310. The van der Waals surface area contributed by atoms with Crippen molar-refractivity contribution >= 4 is 11.9 Å². The van der Waals surface area contributed by atoms with Crippen molar-refractivity contribution in [1.82, 2.24) is 5.32 Å². The van der Waals surface area contributed by atoms with Gasteiger partial charge < -0.3 is 46.1 Å². The Balaban J connectivity index is 2.23. The average Bonchev–Trinajstić information content (AvgIpc) is 2.54. The third kappa shape index (κ3) is 1.80. The van der Waals surface area contributed by atoms with E-state index in [0.29, 0.717) is 0 Å². The Morgan fingerprint density at radius 2 is 2.04 bits per heavy atom. The second kappa shape index (κ2) is 5.00. The molecule has 1 saturated carbocycles. The predicted octanol–water partition coefficient (Wildman–Crippen LogP) is -5.02. The summed E-state index contributed by atoms with van der Waals surface area (Å²) < 4.78 is 10.2. The molecular weight excluding hydrogens is 314 g/mol. The van der Waals surface area contributed by atoms with E-state index in [0.717, 1.165) is 0 Å². The number of carbonyl (C=O) groups is 1. The lowest BCUT2D eigenvalue weighted by Crippen LogP contribution is -2.88. The van der Waals surface area contributed by atoms with E-state index in [1.807, 2.05) is 0 Å². The Kier molecular flexibility index (Phi) is 3.55. The summed E-state index contributed by atoms with van der Waals surface area (Å²) in [4.78, 5) is 16.0. The van der Waals surface area contributed by atoms with Crippen molar-refractivity contribution in [3.63, 3.8) is 0 Å². The zero-order valence-corrected chi connectivity index (χ0v) is 12.2. The molecule has 0 amide bonds. The van der Waals surface area contributed by atoms with Gasteiger partial charge in [0.15, 0.2) is 23.9 Å². The number of guanidine groups is 1. The van der Waals surface area contributed by atoms with Gasteiger partial charge in [-0.05, 0) is 0 Å². The number of hydrogen-bond donors (Lipinski definition) is 7. The molecule has 0 spiro atoms. The normalized spacial score (nSPS) is 52.1. The molecule has 23 heavy (non-hydrogen) atoms. The van der Waals surface area contributed by atoms with Crippen molar-refractivity contribution in [3.05, 3.63) is 0 Å². The summed E-state index contributed by atoms with van der Waals surface area (Å²) in [5.41, 5.74) is 1.41. The van der Waals surface area contributed by atoms with Crippen LogP contribution in [0.2, 0.25) is 0 Å². The fourth-order valence-electron chi connectivity index (χ4n) is 3.83. The molecule has 11 heteroatoms. The molecule has 2 fully saturated rings. The highest BCUT2D eigenvalue weighted by molar-refractivity contribution is 5.85. The van der Waals surface area contributed by atoms with E-state index in [2.05, 4.69) is 10.3 Å². The third-order valence-electron chi connectivity index (χ3n) is 5.00. The molecule has 3 aliphatic rings. The molecule has 130 valence electrons. The summed E-state index contributed by atoms with van der Waals surface area (Å²) in [5, 5.41) is 53.7. The lowest BCUT2D eigenvalue weighted by atomic mass is 9.57. The smallest absolute Gasteiger partial charge is 0.337 e. The Morgan fingerprint density at radius 1 is 1.39 bits per heavy atom. The van der Waals surface area contributed by atoms with Crippen LogP contribution in [0.3, 0.4) is 0 Å². The number of esters is 1. The topological polar surface area (TPSA) is 187 Å². The summed E-state index contributed by atoms with van der Waals surface area (Å²) in [5.74, 6) is -2.47. The second-order valence-corrected chi connectivity index (χ2v) is 6.02. The first-order valence-corrected chi connectivity index (χ1v) is 6.96. The van der Waals surface area contributed by atoms with Gasteiger partial charge in [-0.15, -0.1) is 0 Å². The van der Waals surface area contributed by atoms with Crippen LogP contribution in [0.4, 0.5) is 0 Å². The number of carbonyl (C=O) groups excluding carboxylic acids is 1. The molecule has 0 radical (unpaired) electrons. The van der Waals surface area contributed by atoms with Crippen LogP contribution in [-0.4, -0.2) is 93.0 Å². The highest BCUT2D eigenvalue weighted by Crippen LogP contribution is 2.50. The van der Waals surface area contributed by atoms with Crippen LogP contribution in [0.1, 0.15) is 0 Å². The van der Waals surface area contributed by atoms with Gasteiger partial charge in [0.1, 0.15) is 23.9 Å². The van der Waals surface area contributed by atoms with Gasteiger partial charge in [0.2, 0.25) is 0 Å². The number of hydrogen-bond acceptors (Lipinski definition) is 11. The molecule has 8 atom stereocenters. The molecule has 2 aliphatic heterocycles. The second-order valence-electron chi connectivity index (χ2n) is 6.02. The Bertz CT molecular complexity index is 558. The van der Waals surface area contributed by atoms with Crippen molar-refractivity contribution in [1.29, 1.82) is 0 Å². The molecule has 1 saturated heterocycles. The molecular formula is C12H19N3O8. The van der Waals surface area contributed by atoms with E-state index < -0.39 is 60.3 Å². The first kappa shape index (κ1) is 16.4. The van der Waals surface area contributed by atoms with Crippen LogP contribution in [0, 0.1) is 5.92 Å². The van der Waals surface area contributed by atoms with Gasteiger partial charge in [-0.3, -0.25) is 0 Å². The van der Waals surface area contributed by atoms with Crippen LogP contribution in [-0.2, 0) is 14.3 Å². The number of methoxy groups -OCH3 is 1. The van der Waals surface area contributed by atoms with Gasteiger partial charge in [0.05, 0.1) is 12.5 Å². The van der Waals surface area contributed by atoms with Gasteiger partial charge >= 0.3 is 5.97 Å². The van der Waals surface area contributed by atoms with E-state index in [1.54, 1.807) is 0 Å². The van der Waals surface area contributed by atoms with Crippen LogP contribution in [0.25, 0.3) is 0 Å². The zero-order valence-electron chi connectivity index (χ0n) is 12.2. The standard InChI is InChI=1S/C12H19N3O8/c1-22-8-3-7-11(21,2-16)4(17)5(18)12(3,15-10(13)14-8)6(19)9(20)23-7/h3-8,16-19,21H,2H2,1H3,(H3,13,14,15)/t3-,4-,5?,6-,7-,8-,11-,12?/m1/s1. The van der Waals surface area contributed by atoms with E-state index in [1.165, 1.54) is 7.11 Å². The van der Waals surface area contributed by atoms with Crippen molar-refractivity contribution in [2.24, 2.45) is 16.6 Å². The van der Waals surface area contributed by atoms with E-state index in [4.69, 9.17) is 15.2 Å². The minimum absolute atomic E-state index is 0.221. The minimum Gasteiger partial charge on any atom is -0.457 e. The van der Waals surface area contributed by atoms with Crippen LogP contribution >= 0.6 is 0 Å². The van der Waals surface area contributed by atoms with Gasteiger partial charge in [0, 0.05) is 7.11 Å². The quantitative estimate of drug-likeness (QED) is 0.241. The number of nitrogens with two attached hydrogens (primary N) is 1. The minimum atomic E-state index is -2.36. The third-order valence-corrected chi connectivity index (χ3v) is 5.00. The number of nitrogens with one attached hydrogen (secondary N) is 1. The van der Waals surface area contributed by atoms with Gasteiger partial charge in [0.25, 0.3) is 0 Å². The molecule has 2 heterocycles. The van der Waals surface area contributed by atoms with E-state index >= 15 is 0 Å². The molecule has 0 aromatic rings. The molecule has 8 N–H and O–H groups in total. The van der Waals surface area contributed by atoms with Crippen molar-refractivity contribution in [3.8, 4) is 0 Å². The molecule has 11 nitrogen and oxygen atoms in total. The first-order chi connectivity index (χ1) is 10.7. The first-order valence-electron chi connectivity index (χ1n) is 6.96. The van der Waals surface area contributed by atoms with E-state index in [9.17, 15) is 30.3 Å². The molecule has 0 aromatic carbocycles. The fraction of sp³-hybridized carbons (Fsp3) is 0.833. The molecule has 0 aromatic heterocycles. The highest BCUT2D eigenvalue weighted by atomic mass is 16.6. The molecule has 3 rings (SSSR count). The Hall–Kier alpha value is -1.50. The summed E-state index contributed by atoms with van der Waals surface area (Å²) in [7, 11) is 1.28. The van der Waals surface area contributed by atoms with Gasteiger partial charge in [-0.1, -0.05) is 0 Å². The predicted molar refractivity (Wildman–Crippen MR) is 71.7 cm³/mol. The summed E-state index contributed by atoms with van der Waals surface area (Å²) in [6.45, 7) is -0.999. The monoisotopic (exact) mass is 333 g/mol. The average molecular weight is 333 g/mol. The number of aliphatic imine (C=N–C) groups is 1. The largest absolute Gasteiger partial charge is 0.457 e. The summed E-state index contributed by atoms with van der Waals surface area (Å²) in [6.07, 6.45) is -8.27. The summed E-state index contributed by atoms with van der Waals surface area (Å²) >= 11 is 0. The zero-order chi connectivity index (χ0) is 17.2. The number of nitrogens with zero attached hydrogens (tertiary/aromatic N) is 1. The SMILES string of the molecule is CO[C@H]1N=C(N)NC23C(O)[C@@H](O)[C@](O)(CO)[C@H](OC(=O)[C@H]2O)[C@H]13. The number of ether oxygens (including phenoxy) is 2. The maximum Gasteiger partial charge on any atom is 0.337 e. The van der Waals surface area contributed by atoms with Crippen LogP contribution in [0.15, 0.2) is 4.99 Å². The molecule has 1 aliphatic carbocycles. The Morgan fingerprint density at radius 3 is 2.61 bits per heavy atom. The number of aliphatic hydroxyl groups excluding tert-OH is 4. The lowest BCUT2D eigenvalue weighted by Gasteiger charge is -2.63. The van der Waals surface area contributed by atoms with Gasteiger partial charge in [-0.25, -0.2) is 9.79 Å². The van der Waals surface area contributed by atoms with Crippen molar-refractivity contribution in [2.75, 3.05) is 13.7 Å². The maximum absolute atomic E-state index is 12.0. The van der Waals surface area contributed by atoms with Crippen molar-refractivity contribution < 1.29 is 39.8 Å². The fourth-order valence-corrected chi connectivity index (χ4v) is 3.83. The number of rotatable bonds is 2. The molecule has 2 unspecified atom stereocenters. The summed E-state index contributed by atoms with van der Waals surface area (Å²) in [6, 6.07) is 0. The van der Waals surface area contributed by atoms with Crippen LogP contribution < -0.4 is 11.1 Å². The maximum atomic E-state index is 12.0. The Labute approximate surface area is 130 Å². The van der Waals surface area contributed by atoms with Gasteiger partial charge in [-0.2, -0.15) is 0 Å².